The topological polar surface area (TPSA) is 9.23 Å². The third-order valence-electron chi connectivity index (χ3n) is 3.58. The molecule has 0 saturated heterocycles. The molecule has 0 aromatic carbocycles. The second-order valence-electron chi connectivity index (χ2n) is 4.54. The third kappa shape index (κ3) is 3.25. The summed E-state index contributed by atoms with van der Waals surface area (Å²) in [7, 11) is 1.84. The van der Waals surface area contributed by atoms with Crippen molar-refractivity contribution in [2.75, 3.05) is 7.11 Å². The van der Waals surface area contributed by atoms with Crippen LogP contribution in [0.25, 0.3) is 0 Å². The van der Waals surface area contributed by atoms with Crippen molar-refractivity contribution in [3.63, 3.8) is 0 Å². The van der Waals surface area contributed by atoms with Gasteiger partial charge in [-0.25, -0.2) is 0 Å². The summed E-state index contributed by atoms with van der Waals surface area (Å²) in [4.78, 5) is 0. The van der Waals surface area contributed by atoms with E-state index in [9.17, 15) is 0 Å². The number of rotatable bonds is 5. The van der Waals surface area contributed by atoms with Gasteiger partial charge in [0.15, 0.2) is 0 Å². The minimum Gasteiger partial charge on any atom is -0.380 e. The zero-order valence-electron chi connectivity index (χ0n) is 10.6. The zero-order valence-corrected chi connectivity index (χ0v) is 10.6. The van der Waals surface area contributed by atoms with E-state index < -0.39 is 0 Å². The standard InChI is InChI=1S/C14H24O.CH4/c1-5-8-9-14(10-11-14)13(15-4)12(6-2)7-3;/h12-13H,5-7,10-11H2,1-4H3;1H4. The van der Waals surface area contributed by atoms with Crippen molar-refractivity contribution in [1.82, 2.24) is 0 Å². The lowest BCUT2D eigenvalue weighted by Crippen LogP contribution is -2.31. The van der Waals surface area contributed by atoms with Crippen LogP contribution in [0.4, 0.5) is 0 Å². The van der Waals surface area contributed by atoms with E-state index in [1.165, 1.54) is 25.7 Å². The van der Waals surface area contributed by atoms with Gasteiger partial charge in [0, 0.05) is 13.5 Å². The van der Waals surface area contributed by atoms with E-state index in [0.717, 1.165) is 6.42 Å². The molecule has 1 nitrogen and oxygen atoms in total. The van der Waals surface area contributed by atoms with E-state index in [1.807, 2.05) is 7.11 Å². The maximum Gasteiger partial charge on any atom is 0.0764 e. The average Bonchev–Trinajstić information content (AvgIpc) is 3.03. The van der Waals surface area contributed by atoms with Crippen LogP contribution >= 0.6 is 0 Å². The van der Waals surface area contributed by atoms with Crippen LogP contribution in [0.2, 0.25) is 0 Å². The van der Waals surface area contributed by atoms with Crippen LogP contribution in [0.5, 0.6) is 0 Å². The summed E-state index contributed by atoms with van der Waals surface area (Å²) < 4.78 is 5.72. The van der Waals surface area contributed by atoms with Gasteiger partial charge in [-0.2, -0.15) is 0 Å². The van der Waals surface area contributed by atoms with Gasteiger partial charge < -0.3 is 4.74 Å². The van der Waals surface area contributed by atoms with Crippen LogP contribution in [0.1, 0.15) is 60.3 Å². The highest BCUT2D eigenvalue weighted by Gasteiger charge is 2.50. The number of hydrogen-bond donors (Lipinski definition) is 0. The van der Waals surface area contributed by atoms with Crippen molar-refractivity contribution in [3.05, 3.63) is 0 Å². The average molecular weight is 224 g/mol. The fraction of sp³-hybridized carbons (Fsp3) is 0.867. The highest BCUT2D eigenvalue weighted by atomic mass is 16.5. The van der Waals surface area contributed by atoms with Gasteiger partial charge >= 0.3 is 0 Å². The predicted molar refractivity (Wildman–Crippen MR) is 71.3 cm³/mol. The Balaban J connectivity index is 0.00000225. The first kappa shape index (κ1) is 15.5. The normalized spacial score (nSPS) is 18.3. The summed E-state index contributed by atoms with van der Waals surface area (Å²) in [6.45, 7) is 6.62. The molecular weight excluding hydrogens is 196 g/mol. The molecule has 0 aliphatic heterocycles. The SMILES string of the molecule is C.CCC#CC1(C(OC)C(CC)CC)CC1. The quantitative estimate of drug-likeness (QED) is 0.634. The van der Waals surface area contributed by atoms with Crippen LogP contribution in [0.3, 0.4) is 0 Å². The minimum absolute atomic E-state index is 0. The largest absolute Gasteiger partial charge is 0.380 e. The molecule has 1 atom stereocenters. The van der Waals surface area contributed by atoms with E-state index in [1.54, 1.807) is 0 Å². The Hall–Kier alpha value is -0.480. The molecule has 1 saturated carbocycles. The predicted octanol–water partition coefficient (Wildman–Crippen LogP) is 4.27. The molecule has 0 bridgehead atoms. The van der Waals surface area contributed by atoms with Crippen LogP contribution in [-0.4, -0.2) is 13.2 Å². The van der Waals surface area contributed by atoms with Crippen LogP contribution in [0.15, 0.2) is 0 Å². The van der Waals surface area contributed by atoms with Gasteiger partial charge in [0.25, 0.3) is 0 Å². The van der Waals surface area contributed by atoms with Crippen molar-refractivity contribution in [2.45, 2.75) is 66.4 Å². The maximum absolute atomic E-state index is 5.72. The van der Waals surface area contributed by atoms with Crippen LogP contribution in [-0.2, 0) is 4.74 Å². The first-order chi connectivity index (χ1) is 7.24. The van der Waals surface area contributed by atoms with Gasteiger partial charge in [-0.1, -0.05) is 47.0 Å². The molecule has 1 rings (SSSR count). The summed E-state index contributed by atoms with van der Waals surface area (Å²) in [6, 6.07) is 0. The molecule has 0 heterocycles. The summed E-state index contributed by atoms with van der Waals surface area (Å²) in [5.74, 6) is 7.35. The fourth-order valence-electron chi connectivity index (χ4n) is 2.47. The Morgan fingerprint density at radius 2 is 1.75 bits per heavy atom. The van der Waals surface area contributed by atoms with E-state index in [2.05, 4.69) is 32.6 Å². The van der Waals surface area contributed by atoms with Gasteiger partial charge in [-0.15, -0.1) is 5.92 Å². The monoisotopic (exact) mass is 224 g/mol. The van der Waals surface area contributed by atoms with E-state index in [-0.39, 0.29) is 12.8 Å². The summed E-state index contributed by atoms with van der Waals surface area (Å²) in [5.41, 5.74) is 0.210. The Morgan fingerprint density at radius 1 is 1.19 bits per heavy atom. The Morgan fingerprint density at radius 3 is 2.06 bits per heavy atom. The van der Waals surface area contributed by atoms with Crippen molar-refractivity contribution < 1.29 is 4.74 Å². The lowest BCUT2D eigenvalue weighted by Gasteiger charge is -2.28. The molecular formula is C15H28O. The van der Waals surface area contributed by atoms with Crippen LogP contribution in [0, 0.1) is 23.2 Å². The second-order valence-corrected chi connectivity index (χ2v) is 4.54. The summed E-state index contributed by atoms with van der Waals surface area (Å²) in [5, 5.41) is 0. The number of hydrogen-bond acceptors (Lipinski definition) is 1. The van der Waals surface area contributed by atoms with Gasteiger partial charge in [0.1, 0.15) is 0 Å². The van der Waals surface area contributed by atoms with Gasteiger partial charge in [0.2, 0.25) is 0 Å². The molecule has 1 heteroatoms. The highest BCUT2D eigenvalue weighted by Crippen LogP contribution is 2.52. The lowest BCUT2D eigenvalue weighted by atomic mass is 9.85. The molecule has 1 aliphatic rings. The van der Waals surface area contributed by atoms with Gasteiger partial charge in [-0.3, -0.25) is 0 Å². The summed E-state index contributed by atoms with van der Waals surface area (Å²) >= 11 is 0. The van der Waals surface area contributed by atoms with Gasteiger partial charge in [0.05, 0.1) is 11.5 Å². The molecule has 0 amide bonds. The lowest BCUT2D eigenvalue weighted by molar-refractivity contribution is 0.0112. The Bertz CT molecular complexity index is 238. The third-order valence-corrected chi connectivity index (χ3v) is 3.58. The first-order valence-corrected chi connectivity index (χ1v) is 6.26. The maximum atomic E-state index is 5.72. The van der Waals surface area contributed by atoms with Crippen molar-refractivity contribution in [2.24, 2.45) is 11.3 Å². The van der Waals surface area contributed by atoms with E-state index in [0.29, 0.717) is 12.0 Å². The number of methoxy groups -OCH3 is 1. The van der Waals surface area contributed by atoms with E-state index >= 15 is 0 Å². The summed E-state index contributed by atoms with van der Waals surface area (Å²) in [6.07, 6.45) is 6.17. The molecule has 0 N–H and O–H groups in total. The van der Waals surface area contributed by atoms with Gasteiger partial charge in [-0.05, 0) is 18.8 Å². The first-order valence-electron chi connectivity index (χ1n) is 6.26. The van der Waals surface area contributed by atoms with Crippen LogP contribution < -0.4 is 0 Å². The highest BCUT2D eigenvalue weighted by molar-refractivity contribution is 5.23. The second kappa shape index (κ2) is 6.97. The van der Waals surface area contributed by atoms with Crippen molar-refractivity contribution in [1.29, 1.82) is 0 Å². The van der Waals surface area contributed by atoms with Crippen molar-refractivity contribution >= 4 is 0 Å². The number of ether oxygens (including phenoxy) is 1. The fourth-order valence-corrected chi connectivity index (χ4v) is 2.47. The molecule has 1 unspecified atom stereocenters. The van der Waals surface area contributed by atoms with E-state index in [4.69, 9.17) is 4.74 Å². The molecule has 16 heavy (non-hydrogen) atoms. The zero-order chi connectivity index (χ0) is 11.3. The molecule has 94 valence electrons. The Kier molecular flexibility index (Phi) is 6.76. The molecule has 1 aliphatic carbocycles. The molecule has 1 fully saturated rings. The smallest absolute Gasteiger partial charge is 0.0764 e. The molecule has 0 aromatic heterocycles. The minimum atomic E-state index is 0. The molecule has 0 spiro atoms. The molecule has 0 aromatic rings. The van der Waals surface area contributed by atoms with Crippen molar-refractivity contribution in [3.8, 4) is 11.8 Å². The molecule has 0 radical (unpaired) electrons. The Labute approximate surface area is 102 Å².